The highest BCUT2D eigenvalue weighted by Gasteiger charge is 2.17. The third-order valence-electron chi connectivity index (χ3n) is 4.59. The Morgan fingerprint density at radius 1 is 0.600 bits per heavy atom. The Labute approximate surface area is 184 Å². The first-order valence-electron chi connectivity index (χ1n) is 10.2. The number of benzene rings is 1. The van der Waals surface area contributed by atoms with E-state index in [-0.39, 0.29) is 10.3 Å². The van der Waals surface area contributed by atoms with Crippen LogP contribution in [0.4, 0.5) is 0 Å². The molecule has 2 heterocycles. The number of aromatic nitrogens is 2. The van der Waals surface area contributed by atoms with Gasteiger partial charge in [0.1, 0.15) is 0 Å². The van der Waals surface area contributed by atoms with E-state index >= 15 is 0 Å². The molecule has 2 aromatic heterocycles. The Hall–Kier alpha value is -2.14. The first-order valence-corrected chi connectivity index (χ1v) is 12.2. The van der Waals surface area contributed by atoms with E-state index in [4.69, 9.17) is 0 Å². The molecule has 0 aliphatic heterocycles. The highest BCUT2D eigenvalue weighted by Crippen LogP contribution is 2.33. The molecule has 0 spiro atoms. The van der Waals surface area contributed by atoms with E-state index in [1.165, 1.54) is 11.1 Å². The van der Waals surface area contributed by atoms with Gasteiger partial charge in [0.15, 0.2) is 0 Å². The molecule has 0 fully saturated rings. The third-order valence-corrected chi connectivity index (χ3v) is 7.31. The van der Waals surface area contributed by atoms with E-state index in [9.17, 15) is 0 Å². The van der Waals surface area contributed by atoms with Gasteiger partial charge in [0.05, 0.1) is 10.9 Å². The second-order valence-electron chi connectivity index (χ2n) is 8.42. The van der Waals surface area contributed by atoms with E-state index < -0.39 is 0 Å². The van der Waals surface area contributed by atoms with E-state index in [1.54, 1.807) is 0 Å². The lowest BCUT2D eigenvalue weighted by Gasteiger charge is -2.20. The van der Waals surface area contributed by atoms with Crippen molar-refractivity contribution in [1.82, 2.24) is 9.97 Å². The number of nitrogens with zero attached hydrogens (tertiary/aromatic N) is 2. The average molecular weight is 432 g/mol. The average Bonchev–Trinajstić information content (AvgIpc) is 2.72. The molecule has 154 valence electrons. The van der Waals surface area contributed by atoms with E-state index in [2.05, 4.69) is 110 Å². The van der Waals surface area contributed by atoms with Crippen molar-refractivity contribution >= 4 is 40.2 Å². The van der Waals surface area contributed by atoms with Crippen molar-refractivity contribution in [1.29, 1.82) is 0 Å². The van der Waals surface area contributed by atoms with Gasteiger partial charge in [-0.25, -0.2) is 0 Å². The topological polar surface area (TPSA) is 25.8 Å². The van der Waals surface area contributed by atoms with Crippen molar-refractivity contribution in [3.8, 4) is 0 Å². The summed E-state index contributed by atoms with van der Waals surface area (Å²) < 4.78 is 0. The van der Waals surface area contributed by atoms with Crippen LogP contribution in [0.15, 0.2) is 85.2 Å². The van der Waals surface area contributed by atoms with Crippen molar-refractivity contribution in [2.75, 3.05) is 0 Å². The van der Waals surface area contributed by atoms with E-state index in [0.29, 0.717) is 17.2 Å². The molecule has 0 bridgehead atoms. The molecule has 2 nitrogen and oxygen atoms in total. The summed E-state index contributed by atoms with van der Waals surface area (Å²) in [5.41, 5.74) is 4.78. The maximum atomic E-state index is 4.49. The molecule has 0 aliphatic carbocycles. The molecule has 2 unspecified atom stereocenters. The highest BCUT2D eigenvalue weighted by molar-refractivity contribution is 7.49. The Bertz CT molecular complexity index is 911. The van der Waals surface area contributed by atoms with Crippen LogP contribution in [0.2, 0.25) is 0 Å². The fourth-order valence-corrected chi connectivity index (χ4v) is 5.32. The first-order chi connectivity index (χ1) is 14.3. The predicted molar refractivity (Wildman–Crippen MR) is 137 cm³/mol. The molecule has 0 aliphatic rings. The summed E-state index contributed by atoms with van der Waals surface area (Å²) in [6, 6.07) is 20.8. The lowest BCUT2D eigenvalue weighted by atomic mass is 10.0. The summed E-state index contributed by atoms with van der Waals surface area (Å²) in [4.78, 5) is 8.98. The Morgan fingerprint density at radius 2 is 1.00 bits per heavy atom. The molecule has 0 amide bonds. The Kier molecular flexibility index (Phi) is 7.70. The lowest BCUT2D eigenvalue weighted by Crippen LogP contribution is -2.15. The van der Waals surface area contributed by atoms with Crippen molar-refractivity contribution < 1.29 is 0 Å². The summed E-state index contributed by atoms with van der Waals surface area (Å²) in [6.07, 6.45) is 12.9. The van der Waals surface area contributed by atoms with Crippen molar-refractivity contribution in [2.45, 2.75) is 38.0 Å². The predicted octanol–water partition coefficient (Wildman–Crippen LogP) is 6.07. The van der Waals surface area contributed by atoms with Gasteiger partial charge in [-0.05, 0) is 35.4 Å². The summed E-state index contributed by atoms with van der Waals surface area (Å²) in [7, 11) is 1.27. The molecule has 1 aromatic carbocycles. The Balaban J connectivity index is 1.73. The van der Waals surface area contributed by atoms with Crippen LogP contribution in [-0.4, -0.2) is 20.3 Å². The van der Waals surface area contributed by atoms with Gasteiger partial charge < -0.3 is 0 Å². The highest BCUT2D eigenvalue weighted by atomic mass is 31.1. The van der Waals surface area contributed by atoms with E-state index in [1.807, 2.05) is 24.5 Å². The molecule has 0 saturated carbocycles. The SMILES string of the molecule is CC(C)(C=Cc1ccccc1C=CC(C)(C)Pc1ccccn1)Pc1ccccn1. The Morgan fingerprint density at radius 3 is 1.37 bits per heavy atom. The second-order valence-corrected chi connectivity index (χ2v) is 12.5. The molecular weight excluding hydrogens is 402 g/mol. The minimum absolute atomic E-state index is 0.0603. The number of allylic oxidation sites excluding steroid dienone is 2. The molecule has 2 atom stereocenters. The van der Waals surface area contributed by atoms with Crippen LogP contribution in [-0.2, 0) is 0 Å². The molecule has 3 rings (SSSR count). The zero-order chi connectivity index (χ0) is 21.5. The minimum atomic E-state index is 0.0603. The van der Waals surface area contributed by atoms with Gasteiger partial charge >= 0.3 is 0 Å². The minimum Gasteiger partial charge on any atom is -0.257 e. The van der Waals surface area contributed by atoms with Crippen molar-refractivity contribution in [3.05, 3.63) is 96.3 Å². The van der Waals surface area contributed by atoms with Crippen LogP contribution in [0.5, 0.6) is 0 Å². The normalized spacial score (nSPS) is 13.5. The lowest BCUT2D eigenvalue weighted by molar-refractivity contribution is 0.897. The number of hydrogen-bond donors (Lipinski definition) is 0. The largest absolute Gasteiger partial charge is 0.257 e. The smallest absolute Gasteiger partial charge is 0.0608 e. The van der Waals surface area contributed by atoms with Gasteiger partial charge in [0.2, 0.25) is 0 Å². The van der Waals surface area contributed by atoms with Gasteiger partial charge in [0.25, 0.3) is 0 Å². The van der Waals surface area contributed by atoms with Gasteiger partial charge in [-0.1, -0.05) is 106 Å². The monoisotopic (exact) mass is 432 g/mol. The maximum Gasteiger partial charge on any atom is 0.0608 e. The molecular formula is C26H30N2P2. The standard InChI is InChI=1S/C26H30N2P2/c1-25(2,29-23-13-7-9-19-27-23)17-15-21-11-5-6-12-22(21)16-18-26(3,4)30-24-14-8-10-20-28-24/h5-20,29-30H,1-4H3. The number of rotatable bonds is 8. The van der Waals surface area contributed by atoms with Gasteiger partial charge in [-0.3, -0.25) is 9.97 Å². The number of hydrogen-bond acceptors (Lipinski definition) is 2. The molecule has 0 radical (unpaired) electrons. The quantitative estimate of drug-likeness (QED) is 0.404. The molecule has 0 N–H and O–H groups in total. The summed E-state index contributed by atoms with van der Waals surface area (Å²) >= 11 is 0. The van der Waals surface area contributed by atoms with Gasteiger partial charge in [-0.15, -0.1) is 0 Å². The van der Waals surface area contributed by atoms with Crippen LogP contribution in [0, 0.1) is 0 Å². The molecule has 0 saturated heterocycles. The summed E-state index contributed by atoms with van der Waals surface area (Å²) in [5.74, 6) is 0. The number of pyridine rings is 2. The van der Waals surface area contributed by atoms with Crippen LogP contribution in [0.25, 0.3) is 12.2 Å². The third kappa shape index (κ3) is 7.28. The van der Waals surface area contributed by atoms with Crippen LogP contribution in [0.1, 0.15) is 38.8 Å². The molecule has 30 heavy (non-hydrogen) atoms. The summed E-state index contributed by atoms with van der Waals surface area (Å²) in [5, 5.41) is 0.121. The van der Waals surface area contributed by atoms with Crippen LogP contribution < -0.4 is 10.9 Å². The second kappa shape index (κ2) is 10.3. The zero-order valence-electron chi connectivity index (χ0n) is 18.1. The molecule has 4 heteroatoms. The van der Waals surface area contributed by atoms with E-state index in [0.717, 1.165) is 10.9 Å². The van der Waals surface area contributed by atoms with Crippen molar-refractivity contribution in [2.24, 2.45) is 0 Å². The fraction of sp³-hybridized carbons (Fsp3) is 0.231. The maximum absolute atomic E-state index is 4.49. The van der Waals surface area contributed by atoms with Crippen molar-refractivity contribution in [3.63, 3.8) is 0 Å². The van der Waals surface area contributed by atoms with Crippen LogP contribution in [0.3, 0.4) is 0 Å². The van der Waals surface area contributed by atoms with Crippen LogP contribution >= 0.6 is 17.2 Å². The fourth-order valence-electron chi connectivity index (χ4n) is 3.03. The first kappa shape index (κ1) is 22.5. The zero-order valence-corrected chi connectivity index (χ0v) is 20.1. The van der Waals surface area contributed by atoms with Gasteiger partial charge in [-0.2, -0.15) is 0 Å². The molecule has 3 aromatic rings. The summed E-state index contributed by atoms with van der Waals surface area (Å²) in [6.45, 7) is 9.08. The van der Waals surface area contributed by atoms with Gasteiger partial charge in [0, 0.05) is 22.7 Å².